The van der Waals surface area contributed by atoms with E-state index in [1.54, 1.807) is 0 Å². The number of non-ortho nitro benzene ring substituents is 1. The standard InChI is InChI=1S/C12H16N4O4/c1-8-6-14(7-9(2)13-8)11-4-3-10(15(17)18)5-12(11)16(19)20/h3-5,8-9,13H,6-7H2,1-2H3/t8-,9+. The van der Waals surface area contributed by atoms with Gasteiger partial charge in [0, 0.05) is 31.2 Å². The van der Waals surface area contributed by atoms with Crippen molar-refractivity contribution in [3.8, 4) is 0 Å². The Balaban J connectivity index is 2.40. The first-order chi connectivity index (χ1) is 9.38. The summed E-state index contributed by atoms with van der Waals surface area (Å²) in [7, 11) is 0. The number of nitrogens with one attached hydrogen (secondary N) is 1. The van der Waals surface area contributed by atoms with Crippen molar-refractivity contribution in [3.05, 3.63) is 38.4 Å². The average molecular weight is 280 g/mol. The Kier molecular flexibility index (Phi) is 3.84. The molecule has 1 N–H and O–H groups in total. The van der Waals surface area contributed by atoms with Gasteiger partial charge in [-0.15, -0.1) is 0 Å². The zero-order valence-electron chi connectivity index (χ0n) is 11.3. The lowest BCUT2D eigenvalue weighted by molar-refractivity contribution is -0.393. The van der Waals surface area contributed by atoms with Crippen molar-refractivity contribution in [2.75, 3.05) is 18.0 Å². The molecule has 1 saturated heterocycles. The molecule has 2 atom stereocenters. The molecule has 0 saturated carbocycles. The quantitative estimate of drug-likeness (QED) is 0.667. The van der Waals surface area contributed by atoms with Crippen LogP contribution in [0, 0.1) is 20.2 Å². The monoisotopic (exact) mass is 280 g/mol. The molecule has 20 heavy (non-hydrogen) atoms. The number of nitrogens with zero attached hydrogens (tertiary/aromatic N) is 3. The second-order valence-corrected chi connectivity index (χ2v) is 5.06. The smallest absolute Gasteiger partial charge is 0.299 e. The molecule has 108 valence electrons. The van der Waals surface area contributed by atoms with E-state index in [1.165, 1.54) is 12.1 Å². The molecule has 0 aliphatic carbocycles. The minimum Gasteiger partial charge on any atom is -0.363 e. The molecule has 0 bridgehead atoms. The van der Waals surface area contributed by atoms with Gasteiger partial charge < -0.3 is 10.2 Å². The highest BCUT2D eigenvalue weighted by Gasteiger charge is 2.28. The molecule has 1 aromatic rings. The summed E-state index contributed by atoms with van der Waals surface area (Å²) in [5, 5.41) is 25.2. The van der Waals surface area contributed by atoms with E-state index in [1.807, 2.05) is 18.7 Å². The van der Waals surface area contributed by atoms with Gasteiger partial charge in [-0.2, -0.15) is 0 Å². The molecule has 0 spiro atoms. The number of rotatable bonds is 3. The normalized spacial score (nSPS) is 22.6. The Morgan fingerprint density at radius 3 is 2.25 bits per heavy atom. The molecule has 1 aliphatic rings. The van der Waals surface area contributed by atoms with Gasteiger partial charge in [0.05, 0.1) is 15.9 Å². The lowest BCUT2D eigenvalue weighted by Gasteiger charge is -2.37. The van der Waals surface area contributed by atoms with Crippen LogP contribution in [0.2, 0.25) is 0 Å². The van der Waals surface area contributed by atoms with Gasteiger partial charge in [0.1, 0.15) is 5.69 Å². The number of piperazine rings is 1. The van der Waals surface area contributed by atoms with Crippen LogP contribution in [-0.4, -0.2) is 35.0 Å². The minimum atomic E-state index is -0.625. The topological polar surface area (TPSA) is 102 Å². The van der Waals surface area contributed by atoms with Crippen molar-refractivity contribution in [1.29, 1.82) is 0 Å². The molecule has 2 rings (SSSR count). The van der Waals surface area contributed by atoms with E-state index < -0.39 is 9.85 Å². The highest BCUT2D eigenvalue weighted by atomic mass is 16.6. The van der Waals surface area contributed by atoms with Crippen LogP contribution in [0.4, 0.5) is 17.1 Å². The molecular formula is C12H16N4O4. The van der Waals surface area contributed by atoms with E-state index in [0.29, 0.717) is 18.8 Å². The number of nitro benzene ring substituents is 2. The fourth-order valence-corrected chi connectivity index (χ4v) is 2.56. The van der Waals surface area contributed by atoms with Crippen LogP contribution in [-0.2, 0) is 0 Å². The predicted octanol–water partition coefficient (Wildman–Crippen LogP) is 1.69. The third-order valence-electron chi connectivity index (χ3n) is 3.26. The zero-order valence-corrected chi connectivity index (χ0v) is 11.3. The fraction of sp³-hybridized carbons (Fsp3) is 0.500. The maximum absolute atomic E-state index is 11.1. The van der Waals surface area contributed by atoms with Gasteiger partial charge in [0.25, 0.3) is 11.4 Å². The maximum atomic E-state index is 11.1. The summed E-state index contributed by atoms with van der Waals surface area (Å²) in [5.74, 6) is 0. The summed E-state index contributed by atoms with van der Waals surface area (Å²) in [4.78, 5) is 22.6. The first kappa shape index (κ1) is 14.2. The summed E-state index contributed by atoms with van der Waals surface area (Å²) in [6, 6.07) is 4.19. The average Bonchev–Trinajstić information content (AvgIpc) is 2.36. The van der Waals surface area contributed by atoms with Crippen molar-refractivity contribution in [2.45, 2.75) is 25.9 Å². The van der Waals surface area contributed by atoms with Crippen LogP contribution in [0.1, 0.15) is 13.8 Å². The number of nitro groups is 2. The molecule has 1 fully saturated rings. The molecule has 0 aromatic heterocycles. The van der Waals surface area contributed by atoms with Crippen molar-refractivity contribution in [1.82, 2.24) is 5.32 Å². The van der Waals surface area contributed by atoms with Crippen molar-refractivity contribution >= 4 is 17.1 Å². The Labute approximate surface area is 115 Å². The number of hydrogen-bond acceptors (Lipinski definition) is 6. The summed E-state index contributed by atoms with van der Waals surface area (Å²) in [5.41, 5.74) is -0.0574. The van der Waals surface area contributed by atoms with E-state index in [9.17, 15) is 20.2 Å². The van der Waals surface area contributed by atoms with Gasteiger partial charge >= 0.3 is 0 Å². The molecule has 1 aromatic carbocycles. The molecular weight excluding hydrogens is 264 g/mol. The van der Waals surface area contributed by atoms with Gasteiger partial charge in [-0.05, 0) is 19.9 Å². The number of anilines is 1. The van der Waals surface area contributed by atoms with Gasteiger partial charge in [-0.3, -0.25) is 20.2 Å². The van der Waals surface area contributed by atoms with Gasteiger partial charge in [-0.25, -0.2) is 0 Å². The van der Waals surface area contributed by atoms with Crippen LogP contribution in [0.25, 0.3) is 0 Å². The summed E-state index contributed by atoms with van der Waals surface area (Å²) >= 11 is 0. The van der Waals surface area contributed by atoms with Crippen LogP contribution < -0.4 is 10.2 Å². The summed E-state index contributed by atoms with van der Waals surface area (Å²) in [6.07, 6.45) is 0. The molecule has 1 aliphatic heterocycles. The highest BCUT2D eigenvalue weighted by molar-refractivity contribution is 5.67. The van der Waals surface area contributed by atoms with E-state index in [-0.39, 0.29) is 23.5 Å². The molecule has 1 heterocycles. The van der Waals surface area contributed by atoms with Crippen LogP contribution >= 0.6 is 0 Å². The Morgan fingerprint density at radius 1 is 1.15 bits per heavy atom. The van der Waals surface area contributed by atoms with Gasteiger partial charge in [-0.1, -0.05) is 0 Å². The molecule has 0 unspecified atom stereocenters. The van der Waals surface area contributed by atoms with Crippen LogP contribution in [0.15, 0.2) is 18.2 Å². The van der Waals surface area contributed by atoms with Gasteiger partial charge in [0.15, 0.2) is 0 Å². The van der Waals surface area contributed by atoms with E-state index in [4.69, 9.17) is 0 Å². The zero-order chi connectivity index (χ0) is 14.9. The summed E-state index contributed by atoms with van der Waals surface area (Å²) in [6.45, 7) is 5.26. The molecule has 8 nitrogen and oxygen atoms in total. The van der Waals surface area contributed by atoms with E-state index >= 15 is 0 Å². The van der Waals surface area contributed by atoms with E-state index in [2.05, 4.69) is 5.32 Å². The molecule has 0 radical (unpaired) electrons. The van der Waals surface area contributed by atoms with Crippen LogP contribution in [0.5, 0.6) is 0 Å². The first-order valence-corrected chi connectivity index (χ1v) is 6.32. The maximum Gasteiger partial charge on any atom is 0.299 e. The number of benzene rings is 1. The summed E-state index contributed by atoms with van der Waals surface area (Å²) < 4.78 is 0. The second-order valence-electron chi connectivity index (χ2n) is 5.06. The van der Waals surface area contributed by atoms with Gasteiger partial charge in [0.2, 0.25) is 0 Å². The third-order valence-corrected chi connectivity index (χ3v) is 3.26. The van der Waals surface area contributed by atoms with Crippen molar-refractivity contribution in [2.24, 2.45) is 0 Å². The lowest BCUT2D eigenvalue weighted by Crippen LogP contribution is -2.54. The van der Waals surface area contributed by atoms with Crippen molar-refractivity contribution in [3.63, 3.8) is 0 Å². The highest BCUT2D eigenvalue weighted by Crippen LogP contribution is 2.32. The second kappa shape index (κ2) is 5.41. The largest absolute Gasteiger partial charge is 0.363 e. The Morgan fingerprint density at radius 2 is 1.75 bits per heavy atom. The van der Waals surface area contributed by atoms with Crippen molar-refractivity contribution < 1.29 is 9.85 Å². The molecule has 0 amide bonds. The minimum absolute atomic E-state index is 0.202. The Hall–Kier alpha value is -2.22. The Bertz CT molecular complexity index is 538. The van der Waals surface area contributed by atoms with Crippen LogP contribution in [0.3, 0.4) is 0 Å². The first-order valence-electron chi connectivity index (χ1n) is 6.32. The lowest BCUT2D eigenvalue weighted by atomic mass is 10.1. The molecule has 8 heteroatoms. The van der Waals surface area contributed by atoms with E-state index in [0.717, 1.165) is 6.07 Å². The third kappa shape index (κ3) is 2.85. The fourth-order valence-electron chi connectivity index (χ4n) is 2.56. The SMILES string of the molecule is C[C@@H]1CN(c2ccc([N+](=O)[O-])cc2[N+](=O)[O-])C[C@H](C)N1. The predicted molar refractivity (Wildman–Crippen MR) is 74.0 cm³/mol. The number of hydrogen-bond donors (Lipinski definition) is 1.